The number of aromatic nitrogens is 2. The molecule has 1 aliphatic heterocycles. The summed E-state index contributed by atoms with van der Waals surface area (Å²) >= 11 is 1.67. The minimum atomic E-state index is 0.521. The Labute approximate surface area is 140 Å². The molecule has 1 saturated heterocycles. The number of piperidine rings is 1. The largest absolute Gasteiger partial charge is 0.366 e. The quantitative estimate of drug-likeness (QED) is 0.774. The Bertz CT molecular complexity index is 763. The number of nitrogens with zero attached hydrogens (tertiary/aromatic N) is 2. The minimum absolute atomic E-state index is 0.521. The molecule has 0 amide bonds. The van der Waals surface area contributed by atoms with Crippen LogP contribution in [0.4, 0.5) is 5.82 Å². The average molecular weight is 325 g/mol. The summed E-state index contributed by atoms with van der Waals surface area (Å²) in [7, 11) is 0. The van der Waals surface area contributed by atoms with Crippen LogP contribution in [0.2, 0.25) is 0 Å². The van der Waals surface area contributed by atoms with E-state index in [-0.39, 0.29) is 0 Å². The molecule has 0 radical (unpaired) electrons. The average Bonchev–Trinajstić information content (AvgIpc) is 3.07. The lowest BCUT2D eigenvalue weighted by molar-refractivity contribution is -0.918. The summed E-state index contributed by atoms with van der Waals surface area (Å²) in [4.78, 5) is 11.5. The lowest BCUT2D eigenvalue weighted by Crippen LogP contribution is -3.12. The van der Waals surface area contributed by atoms with Crippen LogP contribution in [0.15, 0.2) is 48.1 Å². The Morgan fingerprint density at radius 3 is 2.74 bits per heavy atom. The highest BCUT2D eigenvalue weighted by Gasteiger charge is 2.23. The number of fused-ring (bicyclic) bond motifs is 1. The fourth-order valence-corrected chi connectivity index (χ4v) is 4.06. The number of rotatable bonds is 4. The summed E-state index contributed by atoms with van der Waals surface area (Å²) in [6.07, 6.45) is 4.05. The van der Waals surface area contributed by atoms with Gasteiger partial charge in [0, 0.05) is 24.4 Å². The maximum absolute atomic E-state index is 4.44. The normalized spacial score (nSPS) is 21.4. The minimum Gasteiger partial charge on any atom is -0.366 e. The number of thiophene rings is 1. The van der Waals surface area contributed by atoms with E-state index in [9.17, 15) is 0 Å². The molecule has 1 fully saturated rings. The SMILES string of the molecule is c1ccc(C[NH+]2CCC(Nc3ncnc4sccc34)CC2)cc1. The van der Waals surface area contributed by atoms with E-state index in [1.165, 1.54) is 31.5 Å². The highest BCUT2D eigenvalue weighted by atomic mass is 32.1. The molecule has 23 heavy (non-hydrogen) atoms. The first-order valence-electron chi connectivity index (χ1n) is 8.21. The molecule has 118 valence electrons. The predicted molar refractivity (Wildman–Crippen MR) is 94.9 cm³/mol. The van der Waals surface area contributed by atoms with Gasteiger partial charge in [0.25, 0.3) is 0 Å². The smallest absolute Gasteiger partial charge is 0.138 e. The molecule has 5 heteroatoms. The first kappa shape index (κ1) is 14.6. The lowest BCUT2D eigenvalue weighted by Gasteiger charge is -2.30. The van der Waals surface area contributed by atoms with Gasteiger partial charge in [0.15, 0.2) is 0 Å². The number of hydrogen-bond acceptors (Lipinski definition) is 4. The standard InChI is InChI=1S/C18H20N4S/c1-2-4-14(5-3-1)12-22-9-6-15(7-10-22)21-17-16-8-11-23-18(16)20-13-19-17/h1-5,8,11,13,15H,6-7,9-10,12H2,(H,19,20,21)/p+1. The summed E-state index contributed by atoms with van der Waals surface area (Å²) in [6, 6.07) is 13.4. The van der Waals surface area contributed by atoms with E-state index in [0.29, 0.717) is 6.04 Å². The fourth-order valence-electron chi connectivity index (χ4n) is 3.33. The summed E-state index contributed by atoms with van der Waals surface area (Å²) in [5.74, 6) is 0.993. The molecular weight excluding hydrogens is 304 g/mol. The van der Waals surface area contributed by atoms with Crippen molar-refractivity contribution in [2.45, 2.75) is 25.4 Å². The number of nitrogens with one attached hydrogen (secondary N) is 2. The van der Waals surface area contributed by atoms with Gasteiger partial charge in [-0.2, -0.15) is 0 Å². The second-order valence-corrected chi connectivity index (χ2v) is 7.09. The summed E-state index contributed by atoms with van der Waals surface area (Å²) in [5.41, 5.74) is 1.43. The molecule has 1 aliphatic rings. The zero-order valence-corrected chi connectivity index (χ0v) is 13.9. The van der Waals surface area contributed by atoms with Crippen LogP contribution in [0.1, 0.15) is 18.4 Å². The Morgan fingerprint density at radius 2 is 1.91 bits per heavy atom. The van der Waals surface area contributed by atoms with Gasteiger partial charge < -0.3 is 10.2 Å². The monoisotopic (exact) mass is 325 g/mol. The molecule has 0 saturated carbocycles. The molecule has 0 unspecified atom stereocenters. The molecule has 4 nitrogen and oxygen atoms in total. The van der Waals surface area contributed by atoms with Crippen molar-refractivity contribution in [1.29, 1.82) is 0 Å². The van der Waals surface area contributed by atoms with Crippen molar-refractivity contribution in [3.05, 3.63) is 53.7 Å². The topological polar surface area (TPSA) is 42.2 Å². The molecule has 2 aromatic heterocycles. The fraction of sp³-hybridized carbons (Fsp3) is 0.333. The molecule has 3 heterocycles. The zero-order valence-electron chi connectivity index (χ0n) is 13.0. The van der Waals surface area contributed by atoms with Crippen LogP contribution >= 0.6 is 11.3 Å². The Morgan fingerprint density at radius 1 is 1.09 bits per heavy atom. The van der Waals surface area contributed by atoms with Gasteiger partial charge in [0.05, 0.1) is 18.5 Å². The van der Waals surface area contributed by atoms with Gasteiger partial charge >= 0.3 is 0 Å². The van der Waals surface area contributed by atoms with E-state index in [0.717, 1.165) is 22.6 Å². The Hall–Kier alpha value is -1.98. The van der Waals surface area contributed by atoms with Crippen molar-refractivity contribution in [1.82, 2.24) is 9.97 Å². The maximum Gasteiger partial charge on any atom is 0.138 e. The predicted octanol–water partition coefficient (Wildman–Crippen LogP) is 2.35. The van der Waals surface area contributed by atoms with Crippen LogP contribution in [0.5, 0.6) is 0 Å². The van der Waals surface area contributed by atoms with Crippen LogP contribution in [-0.4, -0.2) is 29.1 Å². The van der Waals surface area contributed by atoms with Gasteiger partial charge in [-0.05, 0) is 11.4 Å². The lowest BCUT2D eigenvalue weighted by atomic mass is 10.0. The molecule has 1 aromatic carbocycles. The Kier molecular flexibility index (Phi) is 4.22. The second-order valence-electron chi connectivity index (χ2n) is 6.19. The van der Waals surface area contributed by atoms with E-state index in [4.69, 9.17) is 0 Å². The molecule has 0 spiro atoms. The third-order valence-electron chi connectivity index (χ3n) is 4.59. The number of benzene rings is 1. The number of hydrogen-bond donors (Lipinski definition) is 2. The summed E-state index contributed by atoms with van der Waals surface area (Å²) in [6.45, 7) is 3.56. The third kappa shape index (κ3) is 3.35. The van der Waals surface area contributed by atoms with Gasteiger partial charge in [-0.15, -0.1) is 11.3 Å². The highest BCUT2D eigenvalue weighted by molar-refractivity contribution is 7.16. The van der Waals surface area contributed by atoms with Crippen molar-refractivity contribution in [2.24, 2.45) is 0 Å². The van der Waals surface area contributed by atoms with Gasteiger partial charge in [-0.3, -0.25) is 0 Å². The molecule has 4 rings (SSSR count). The molecule has 3 aromatic rings. The second kappa shape index (κ2) is 6.64. The van der Waals surface area contributed by atoms with Crippen LogP contribution in [0.3, 0.4) is 0 Å². The van der Waals surface area contributed by atoms with Crippen LogP contribution in [0.25, 0.3) is 10.2 Å². The van der Waals surface area contributed by atoms with E-state index in [1.807, 2.05) is 0 Å². The summed E-state index contributed by atoms with van der Waals surface area (Å²) in [5, 5.41) is 6.87. The van der Waals surface area contributed by atoms with Gasteiger partial charge in [0.1, 0.15) is 23.5 Å². The van der Waals surface area contributed by atoms with Gasteiger partial charge in [-0.1, -0.05) is 30.3 Å². The van der Waals surface area contributed by atoms with Gasteiger partial charge in [-0.25, -0.2) is 9.97 Å². The van der Waals surface area contributed by atoms with Crippen LogP contribution in [-0.2, 0) is 6.54 Å². The molecule has 0 atom stereocenters. The zero-order chi connectivity index (χ0) is 15.5. The van der Waals surface area contributed by atoms with Crippen LogP contribution in [0, 0.1) is 0 Å². The first-order chi connectivity index (χ1) is 11.4. The first-order valence-corrected chi connectivity index (χ1v) is 9.09. The van der Waals surface area contributed by atoms with Crippen molar-refractivity contribution < 1.29 is 4.90 Å². The molecular formula is C18H21N4S+. The molecule has 2 N–H and O–H groups in total. The van der Waals surface area contributed by atoms with Crippen molar-refractivity contribution in [2.75, 3.05) is 18.4 Å². The van der Waals surface area contributed by atoms with Gasteiger partial charge in [0.2, 0.25) is 0 Å². The van der Waals surface area contributed by atoms with Crippen molar-refractivity contribution in [3.8, 4) is 0 Å². The molecule has 0 aliphatic carbocycles. The van der Waals surface area contributed by atoms with Crippen LogP contribution < -0.4 is 10.2 Å². The third-order valence-corrected chi connectivity index (χ3v) is 5.41. The highest BCUT2D eigenvalue weighted by Crippen LogP contribution is 2.24. The van der Waals surface area contributed by atoms with E-state index >= 15 is 0 Å². The molecule has 0 bridgehead atoms. The van der Waals surface area contributed by atoms with E-state index in [2.05, 4.69) is 57.1 Å². The number of anilines is 1. The number of quaternary nitrogens is 1. The van der Waals surface area contributed by atoms with Crippen molar-refractivity contribution in [3.63, 3.8) is 0 Å². The van der Waals surface area contributed by atoms with E-state index < -0.39 is 0 Å². The van der Waals surface area contributed by atoms with E-state index in [1.54, 1.807) is 22.6 Å². The Balaban J connectivity index is 1.36. The van der Waals surface area contributed by atoms with Crippen molar-refractivity contribution >= 4 is 27.4 Å². The maximum atomic E-state index is 4.44. The summed E-state index contributed by atoms with van der Waals surface area (Å²) < 4.78 is 0. The number of likely N-dealkylation sites (tertiary alicyclic amines) is 1.